The smallest absolute Gasteiger partial charge is 0.322 e. The van der Waals surface area contributed by atoms with E-state index in [2.05, 4.69) is 5.32 Å². The summed E-state index contributed by atoms with van der Waals surface area (Å²) in [5.41, 5.74) is 0.463. The Hall–Kier alpha value is -3.79. The Morgan fingerprint density at radius 2 is 1.66 bits per heavy atom. The fourth-order valence-electron chi connectivity index (χ4n) is 3.30. The van der Waals surface area contributed by atoms with Gasteiger partial charge in [0.15, 0.2) is 0 Å². The van der Waals surface area contributed by atoms with Crippen LogP contribution in [-0.4, -0.2) is 48.5 Å². The lowest BCUT2D eigenvalue weighted by molar-refractivity contribution is -0.133. The molecule has 0 fully saturated rings. The van der Waals surface area contributed by atoms with Gasteiger partial charge in [-0.3, -0.25) is 4.79 Å². The zero-order valence-corrected chi connectivity index (χ0v) is 19.4. The molecule has 10 heteroatoms. The van der Waals surface area contributed by atoms with Crippen molar-refractivity contribution in [3.05, 3.63) is 89.1 Å². The third-order valence-corrected chi connectivity index (χ3v) is 5.13. The number of hydrogen-bond donors (Lipinski definition) is 1. The van der Waals surface area contributed by atoms with Crippen LogP contribution in [0.2, 0.25) is 0 Å². The van der Waals surface area contributed by atoms with Gasteiger partial charge in [0.25, 0.3) is 0 Å². The van der Waals surface area contributed by atoms with E-state index >= 15 is 0 Å². The van der Waals surface area contributed by atoms with Crippen LogP contribution in [0.25, 0.3) is 0 Å². The first-order valence-electron chi connectivity index (χ1n) is 10.8. The fraction of sp³-hybridized carbons (Fsp3) is 0.280. The molecule has 0 atom stereocenters. The van der Waals surface area contributed by atoms with Crippen LogP contribution in [0.4, 0.5) is 23.7 Å². The molecule has 7 nitrogen and oxygen atoms in total. The molecule has 186 valence electrons. The van der Waals surface area contributed by atoms with E-state index < -0.39 is 29.4 Å². The number of anilines is 1. The minimum atomic E-state index is -0.942. The molecule has 0 bridgehead atoms. The normalized spacial score (nSPS) is 10.8. The van der Waals surface area contributed by atoms with Gasteiger partial charge in [-0.05, 0) is 48.9 Å². The molecule has 0 saturated heterocycles. The van der Waals surface area contributed by atoms with Crippen molar-refractivity contribution in [2.75, 3.05) is 32.1 Å². The third-order valence-electron chi connectivity index (χ3n) is 5.13. The maximum absolute atomic E-state index is 14.0. The number of hydrogen-bond acceptors (Lipinski definition) is 4. The summed E-state index contributed by atoms with van der Waals surface area (Å²) in [5.74, 6) is -1.33. The molecular weight excluding hydrogens is 463 g/mol. The van der Waals surface area contributed by atoms with Crippen molar-refractivity contribution in [1.29, 1.82) is 0 Å². The van der Waals surface area contributed by atoms with Crippen molar-refractivity contribution in [3.63, 3.8) is 0 Å². The second-order valence-electron chi connectivity index (χ2n) is 7.86. The summed E-state index contributed by atoms with van der Waals surface area (Å²) in [4.78, 5) is 28.8. The SMILES string of the molecule is COCCN(CC(=O)N(Cc1ccc(F)cc1)Cc1ccc(C)o1)C(=O)Nc1ccc(F)cc1F. The fourth-order valence-corrected chi connectivity index (χ4v) is 3.30. The van der Waals surface area contributed by atoms with Crippen LogP contribution in [0.15, 0.2) is 59.0 Å². The topological polar surface area (TPSA) is 75.0 Å². The molecule has 2 aromatic carbocycles. The van der Waals surface area contributed by atoms with E-state index in [1.807, 2.05) is 0 Å². The number of furan rings is 1. The Balaban J connectivity index is 1.77. The minimum absolute atomic E-state index is 0.0428. The summed E-state index contributed by atoms with van der Waals surface area (Å²) < 4.78 is 51.2. The average molecular weight is 489 g/mol. The summed E-state index contributed by atoms with van der Waals surface area (Å²) in [5, 5.41) is 2.36. The van der Waals surface area contributed by atoms with Crippen LogP contribution in [0.1, 0.15) is 17.1 Å². The van der Waals surface area contributed by atoms with Gasteiger partial charge in [-0.2, -0.15) is 0 Å². The van der Waals surface area contributed by atoms with Crippen molar-refractivity contribution in [2.24, 2.45) is 0 Å². The molecule has 3 rings (SSSR count). The molecule has 1 heterocycles. The van der Waals surface area contributed by atoms with Gasteiger partial charge in [-0.1, -0.05) is 12.1 Å². The predicted octanol–water partition coefficient (Wildman–Crippen LogP) is 4.71. The second kappa shape index (κ2) is 12.1. The van der Waals surface area contributed by atoms with Gasteiger partial charge in [0, 0.05) is 26.3 Å². The molecule has 0 saturated carbocycles. The van der Waals surface area contributed by atoms with E-state index in [0.29, 0.717) is 23.2 Å². The number of methoxy groups -OCH3 is 1. The summed E-state index contributed by atoms with van der Waals surface area (Å²) in [6.45, 7) is 1.87. The number of benzene rings is 2. The standard InChI is InChI=1S/C25H26F3N3O4/c1-17-3-9-21(35-17)15-31(14-18-4-6-19(26)7-5-18)24(32)16-30(11-12-34-2)25(33)29-23-10-8-20(27)13-22(23)28/h3-10,13H,11-12,14-16H2,1-2H3,(H,29,33). The van der Waals surface area contributed by atoms with Crippen molar-refractivity contribution in [2.45, 2.75) is 20.0 Å². The minimum Gasteiger partial charge on any atom is -0.464 e. The largest absolute Gasteiger partial charge is 0.464 e. The molecule has 35 heavy (non-hydrogen) atoms. The molecule has 0 unspecified atom stereocenters. The van der Waals surface area contributed by atoms with Crippen molar-refractivity contribution >= 4 is 17.6 Å². The molecular formula is C25H26F3N3O4. The monoisotopic (exact) mass is 489 g/mol. The van der Waals surface area contributed by atoms with E-state index in [0.717, 1.165) is 12.1 Å². The van der Waals surface area contributed by atoms with Crippen LogP contribution < -0.4 is 5.32 Å². The van der Waals surface area contributed by atoms with Gasteiger partial charge in [0.2, 0.25) is 5.91 Å². The van der Waals surface area contributed by atoms with Crippen molar-refractivity contribution in [3.8, 4) is 0 Å². The highest BCUT2D eigenvalue weighted by Gasteiger charge is 2.23. The molecule has 0 aliphatic rings. The molecule has 0 aliphatic carbocycles. The first-order chi connectivity index (χ1) is 16.7. The number of halogens is 3. The van der Waals surface area contributed by atoms with Gasteiger partial charge in [-0.25, -0.2) is 18.0 Å². The number of carbonyl (C=O) groups excluding carboxylic acids is 2. The Bertz CT molecular complexity index is 1150. The molecule has 0 spiro atoms. The first-order valence-corrected chi connectivity index (χ1v) is 10.8. The maximum Gasteiger partial charge on any atom is 0.322 e. The maximum atomic E-state index is 14.0. The van der Waals surface area contributed by atoms with Gasteiger partial charge in [0.1, 0.15) is 35.5 Å². The van der Waals surface area contributed by atoms with Crippen molar-refractivity contribution in [1.82, 2.24) is 9.80 Å². The highest BCUT2D eigenvalue weighted by Crippen LogP contribution is 2.17. The molecule has 1 N–H and O–H groups in total. The highest BCUT2D eigenvalue weighted by atomic mass is 19.1. The van der Waals surface area contributed by atoms with E-state index in [1.165, 1.54) is 29.0 Å². The average Bonchev–Trinajstić information content (AvgIpc) is 3.23. The summed E-state index contributed by atoms with van der Waals surface area (Å²) in [6.07, 6.45) is 0. The van der Waals surface area contributed by atoms with Crippen LogP contribution >= 0.6 is 0 Å². The van der Waals surface area contributed by atoms with Crippen LogP contribution in [0, 0.1) is 24.4 Å². The van der Waals surface area contributed by atoms with E-state index in [-0.39, 0.29) is 38.5 Å². The quantitative estimate of drug-likeness (QED) is 0.448. The zero-order valence-electron chi connectivity index (χ0n) is 19.4. The van der Waals surface area contributed by atoms with E-state index in [4.69, 9.17) is 9.15 Å². The number of nitrogens with one attached hydrogen (secondary N) is 1. The summed E-state index contributed by atoms with van der Waals surface area (Å²) in [6, 6.07) is 11.2. The number of ether oxygens (including phenoxy) is 1. The van der Waals surface area contributed by atoms with Crippen LogP contribution in [0.3, 0.4) is 0 Å². The number of nitrogens with zero attached hydrogens (tertiary/aromatic N) is 2. The molecule has 3 aromatic rings. The third kappa shape index (κ3) is 7.61. The zero-order chi connectivity index (χ0) is 25.4. The lowest BCUT2D eigenvalue weighted by atomic mass is 10.2. The van der Waals surface area contributed by atoms with Gasteiger partial charge < -0.3 is 24.3 Å². The Labute approximate surface area is 201 Å². The Kier molecular flexibility index (Phi) is 8.91. The molecule has 3 amide bonds. The lowest BCUT2D eigenvalue weighted by Crippen LogP contribution is -2.45. The highest BCUT2D eigenvalue weighted by molar-refractivity contribution is 5.92. The molecule has 0 radical (unpaired) electrons. The molecule has 1 aromatic heterocycles. The number of rotatable bonds is 10. The van der Waals surface area contributed by atoms with Crippen molar-refractivity contribution < 1.29 is 31.9 Å². The summed E-state index contributed by atoms with van der Waals surface area (Å²) in [7, 11) is 1.44. The first kappa shape index (κ1) is 25.8. The van der Waals surface area contributed by atoms with Gasteiger partial charge in [-0.15, -0.1) is 0 Å². The van der Waals surface area contributed by atoms with Gasteiger partial charge >= 0.3 is 6.03 Å². The Morgan fingerprint density at radius 1 is 0.943 bits per heavy atom. The van der Waals surface area contributed by atoms with E-state index in [9.17, 15) is 22.8 Å². The lowest BCUT2D eigenvalue weighted by Gasteiger charge is -2.27. The second-order valence-corrected chi connectivity index (χ2v) is 7.86. The van der Waals surface area contributed by atoms with Crippen LogP contribution in [0.5, 0.6) is 0 Å². The Morgan fingerprint density at radius 3 is 2.29 bits per heavy atom. The van der Waals surface area contributed by atoms with Crippen LogP contribution in [-0.2, 0) is 22.6 Å². The number of carbonyl (C=O) groups is 2. The summed E-state index contributed by atoms with van der Waals surface area (Å²) >= 11 is 0. The predicted molar refractivity (Wildman–Crippen MR) is 123 cm³/mol. The number of amides is 3. The van der Waals surface area contributed by atoms with E-state index in [1.54, 1.807) is 31.2 Å². The number of aryl methyl sites for hydroxylation is 1. The number of urea groups is 1. The van der Waals surface area contributed by atoms with Gasteiger partial charge in [0.05, 0.1) is 18.8 Å². The molecule has 0 aliphatic heterocycles.